The predicted molar refractivity (Wildman–Crippen MR) is 130 cm³/mol. The van der Waals surface area contributed by atoms with E-state index in [1.165, 1.54) is 13.1 Å². The molecule has 0 bridgehead atoms. The van der Waals surface area contributed by atoms with Crippen molar-refractivity contribution in [3.8, 4) is 12.3 Å². The van der Waals surface area contributed by atoms with E-state index >= 15 is 0 Å². The summed E-state index contributed by atoms with van der Waals surface area (Å²) in [5.41, 5.74) is -1.05. The van der Waals surface area contributed by atoms with Gasteiger partial charge in [-0.25, -0.2) is 4.79 Å². The van der Waals surface area contributed by atoms with Gasteiger partial charge < -0.3 is 18.9 Å². The first-order valence-corrected chi connectivity index (χ1v) is 11.3. The van der Waals surface area contributed by atoms with Crippen LogP contribution in [0.5, 0.6) is 0 Å². The molecular weight excluding hydrogens is 464 g/mol. The zero-order valence-corrected chi connectivity index (χ0v) is 19.7. The number of aromatic amines is 1. The molecule has 186 valence electrons. The standard InChI is InChI=1S/C27H26N2O7/c1-3-27(18-33-16-20-10-6-4-7-11-20)24(34-17-21-12-8-5-9-13-21)23(35-19(2)30)25(36-27)29-15-14-22(31)28-26(29)32/h1,4-15,23-25H,16-18H2,2H3,(H,28,31,32)/t23-,24-,25+,27+/m0/s1. The molecular formula is C27H26N2O7. The molecule has 1 N–H and O–H groups in total. The number of hydrogen-bond donors (Lipinski definition) is 1. The number of benzene rings is 2. The van der Waals surface area contributed by atoms with Crippen LogP contribution in [0.2, 0.25) is 0 Å². The normalized spacial score (nSPS) is 23.2. The van der Waals surface area contributed by atoms with Crippen molar-refractivity contribution in [2.24, 2.45) is 0 Å². The van der Waals surface area contributed by atoms with Gasteiger partial charge in [0.05, 0.1) is 19.8 Å². The highest BCUT2D eigenvalue weighted by atomic mass is 16.6. The number of carbonyl (C=O) groups is 1. The van der Waals surface area contributed by atoms with Gasteiger partial charge in [0.2, 0.25) is 0 Å². The van der Waals surface area contributed by atoms with Gasteiger partial charge in [0.25, 0.3) is 5.56 Å². The fourth-order valence-corrected chi connectivity index (χ4v) is 4.08. The molecule has 1 saturated heterocycles. The minimum atomic E-state index is -1.51. The number of H-pyrrole nitrogens is 1. The molecule has 36 heavy (non-hydrogen) atoms. The van der Waals surface area contributed by atoms with Crippen LogP contribution in [0, 0.1) is 12.3 Å². The van der Waals surface area contributed by atoms with Crippen molar-refractivity contribution < 1.29 is 23.7 Å². The van der Waals surface area contributed by atoms with E-state index in [0.717, 1.165) is 21.8 Å². The molecule has 0 unspecified atom stereocenters. The molecule has 0 saturated carbocycles. The van der Waals surface area contributed by atoms with Crippen LogP contribution in [0.4, 0.5) is 0 Å². The van der Waals surface area contributed by atoms with E-state index in [2.05, 4.69) is 10.9 Å². The molecule has 1 aliphatic rings. The van der Waals surface area contributed by atoms with Crippen LogP contribution in [0.3, 0.4) is 0 Å². The summed E-state index contributed by atoms with van der Waals surface area (Å²) in [7, 11) is 0. The van der Waals surface area contributed by atoms with Crippen LogP contribution in [-0.2, 0) is 37.0 Å². The van der Waals surface area contributed by atoms with Crippen LogP contribution in [0.1, 0.15) is 24.3 Å². The third kappa shape index (κ3) is 5.63. The minimum Gasteiger partial charge on any atom is -0.455 e. The van der Waals surface area contributed by atoms with Gasteiger partial charge >= 0.3 is 11.7 Å². The predicted octanol–water partition coefficient (Wildman–Crippen LogP) is 2.17. The summed E-state index contributed by atoms with van der Waals surface area (Å²) in [5.74, 6) is 2.02. The topological polar surface area (TPSA) is 109 Å². The number of nitrogens with zero attached hydrogens (tertiary/aromatic N) is 1. The van der Waals surface area contributed by atoms with Crippen molar-refractivity contribution in [2.75, 3.05) is 6.61 Å². The number of rotatable bonds is 9. The first-order valence-electron chi connectivity index (χ1n) is 11.3. The van der Waals surface area contributed by atoms with Crippen LogP contribution in [0.15, 0.2) is 82.5 Å². The molecule has 9 heteroatoms. The van der Waals surface area contributed by atoms with Crippen LogP contribution >= 0.6 is 0 Å². The lowest BCUT2D eigenvalue weighted by atomic mass is 9.96. The number of nitrogens with one attached hydrogen (secondary N) is 1. The van der Waals surface area contributed by atoms with E-state index in [4.69, 9.17) is 25.4 Å². The van der Waals surface area contributed by atoms with E-state index in [1.807, 2.05) is 60.7 Å². The number of aromatic nitrogens is 2. The van der Waals surface area contributed by atoms with Crippen molar-refractivity contribution in [3.05, 3.63) is 105 Å². The Hall–Kier alpha value is -3.97. The maximum Gasteiger partial charge on any atom is 0.330 e. The Morgan fingerprint density at radius 2 is 1.69 bits per heavy atom. The molecule has 1 aromatic heterocycles. The Morgan fingerprint density at radius 1 is 1.06 bits per heavy atom. The highest BCUT2D eigenvalue weighted by Crippen LogP contribution is 2.41. The average molecular weight is 491 g/mol. The Balaban J connectivity index is 1.68. The Bertz CT molecular complexity index is 1330. The second kappa shape index (κ2) is 11.2. The van der Waals surface area contributed by atoms with Crippen LogP contribution in [-0.4, -0.2) is 39.9 Å². The van der Waals surface area contributed by atoms with Gasteiger partial charge in [-0.05, 0) is 11.1 Å². The molecule has 9 nitrogen and oxygen atoms in total. The minimum absolute atomic E-state index is 0.107. The molecule has 0 spiro atoms. The lowest BCUT2D eigenvalue weighted by Crippen LogP contribution is -2.48. The van der Waals surface area contributed by atoms with Gasteiger partial charge in [0, 0.05) is 19.2 Å². The molecule has 4 rings (SSSR count). The molecule has 3 aromatic rings. The van der Waals surface area contributed by atoms with Crippen LogP contribution < -0.4 is 11.2 Å². The van der Waals surface area contributed by atoms with E-state index in [0.29, 0.717) is 0 Å². The molecule has 1 fully saturated rings. The summed E-state index contributed by atoms with van der Waals surface area (Å²) in [6.07, 6.45) is 3.97. The van der Waals surface area contributed by atoms with Gasteiger partial charge in [0.15, 0.2) is 17.9 Å². The molecule has 2 heterocycles. The van der Waals surface area contributed by atoms with Crippen molar-refractivity contribution >= 4 is 5.97 Å². The Kier molecular flexibility index (Phi) is 7.80. The first-order chi connectivity index (χ1) is 17.4. The second-order valence-corrected chi connectivity index (χ2v) is 8.33. The van der Waals surface area contributed by atoms with Gasteiger partial charge in [0.1, 0.15) is 6.10 Å². The highest BCUT2D eigenvalue weighted by Gasteiger charge is 2.58. The summed E-state index contributed by atoms with van der Waals surface area (Å²) < 4.78 is 25.1. The van der Waals surface area contributed by atoms with Crippen molar-refractivity contribution in [3.63, 3.8) is 0 Å². The van der Waals surface area contributed by atoms with E-state index in [9.17, 15) is 14.4 Å². The zero-order valence-electron chi connectivity index (χ0n) is 19.7. The Morgan fingerprint density at radius 3 is 2.28 bits per heavy atom. The number of terminal acetylenes is 1. The molecule has 0 amide bonds. The number of esters is 1. The third-order valence-corrected chi connectivity index (χ3v) is 5.74. The Labute approximate surface area is 207 Å². The largest absolute Gasteiger partial charge is 0.455 e. The van der Waals surface area contributed by atoms with Gasteiger partial charge in [-0.2, -0.15) is 0 Å². The van der Waals surface area contributed by atoms with E-state index < -0.39 is 41.3 Å². The summed E-state index contributed by atoms with van der Waals surface area (Å²) in [6, 6.07) is 20.0. The number of carbonyl (C=O) groups excluding carboxylic acids is 1. The third-order valence-electron chi connectivity index (χ3n) is 5.74. The quantitative estimate of drug-likeness (QED) is 0.362. The summed E-state index contributed by atoms with van der Waals surface area (Å²) in [4.78, 5) is 38.5. The second-order valence-electron chi connectivity index (χ2n) is 8.33. The SMILES string of the molecule is C#C[C@]1(COCc2ccccc2)O[C@@H](n2ccc(=O)[nH]c2=O)[C@@H](OC(C)=O)[C@@H]1OCc1ccccc1. The van der Waals surface area contributed by atoms with Gasteiger partial charge in [-0.15, -0.1) is 6.42 Å². The van der Waals surface area contributed by atoms with Gasteiger partial charge in [-0.1, -0.05) is 66.6 Å². The zero-order chi connectivity index (χ0) is 25.5. The van der Waals surface area contributed by atoms with Crippen LogP contribution in [0.25, 0.3) is 0 Å². The molecule has 0 aliphatic carbocycles. The summed E-state index contributed by atoms with van der Waals surface area (Å²) >= 11 is 0. The lowest BCUT2D eigenvalue weighted by molar-refractivity contribution is -0.158. The fraction of sp³-hybridized carbons (Fsp3) is 0.296. The maximum atomic E-state index is 12.6. The monoisotopic (exact) mass is 490 g/mol. The molecule has 1 aliphatic heterocycles. The smallest absolute Gasteiger partial charge is 0.330 e. The summed E-state index contributed by atoms with van der Waals surface area (Å²) in [5, 5.41) is 0. The first kappa shape index (κ1) is 25.1. The van der Waals surface area contributed by atoms with Crippen molar-refractivity contribution in [2.45, 2.75) is 44.2 Å². The molecule has 0 radical (unpaired) electrons. The van der Waals surface area contributed by atoms with E-state index in [-0.39, 0.29) is 19.8 Å². The van der Waals surface area contributed by atoms with Gasteiger partial charge in [-0.3, -0.25) is 19.1 Å². The molecule has 2 aromatic carbocycles. The highest BCUT2D eigenvalue weighted by molar-refractivity contribution is 5.66. The summed E-state index contributed by atoms with van der Waals surface area (Å²) in [6.45, 7) is 1.52. The molecule has 4 atom stereocenters. The maximum absolute atomic E-state index is 12.6. The van der Waals surface area contributed by atoms with Crippen molar-refractivity contribution in [1.29, 1.82) is 0 Å². The fourth-order valence-electron chi connectivity index (χ4n) is 4.08. The lowest BCUT2D eigenvalue weighted by Gasteiger charge is -2.30. The number of hydrogen-bond acceptors (Lipinski definition) is 7. The number of ether oxygens (including phenoxy) is 4. The average Bonchev–Trinajstić information content (AvgIpc) is 3.16. The van der Waals surface area contributed by atoms with Crippen molar-refractivity contribution in [1.82, 2.24) is 9.55 Å². The van der Waals surface area contributed by atoms with E-state index in [1.54, 1.807) is 0 Å².